The van der Waals surface area contributed by atoms with Crippen molar-refractivity contribution in [2.45, 2.75) is 13.3 Å². The van der Waals surface area contributed by atoms with Crippen LogP contribution < -0.4 is 10.8 Å². The van der Waals surface area contributed by atoms with Gasteiger partial charge in [0, 0.05) is 17.6 Å². The van der Waals surface area contributed by atoms with Crippen molar-refractivity contribution in [2.24, 2.45) is 0 Å². The molecule has 3 N–H and O–H groups in total. The number of benzene rings is 1. The number of hydrogen-bond donors (Lipinski definition) is 3. The van der Waals surface area contributed by atoms with E-state index in [1.807, 2.05) is 0 Å². The number of rotatable bonds is 3. The molecule has 1 rings (SSSR count). The van der Waals surface area contributed by atoms with Gasteiger partial charge in [-0.2, -0.15) is 0 Å². The molecule has 0 aliphatic carbocycles. The lowest BCUT2D eigenvalue weighted by molar-refractivity contribution is -0.115. The summed E-state index contributed by atoms with van der Waals surface area (Å²) in [6.07, 6.45) is 0.357. The van der Waals surface area contributed by atoms with E-state index in [0.29, 0.717) is 17.6 Å². The van der Waals surface area contributed by atoms with Gasteiger partial charge in [-0.1, -0.05) is 25.1 Å². The lowest BCUT2D eigenvalue weighted by Gasteiger charge is -2.08. The topological polar surface area (TPSA) is 69.6 Å². The van der Waals surface area contributed by atoms with Gasteiger partial charge in [0.25, 0.3) is 0 Å². The Bertz CT molecular complexity index is 328. The summed E-state index contributed by atoms with van der Waals surface area (Å²) in [5.41, 5.74) is 0.739. The molecular weight excluding hydrogens is 181 g/mol. The van der Waals surface area contributed by atoms with Crippen LogP contribution >= 0.6 is 0 Å². The molecule has 0 aliphatic rings. The van der Waals surface area contributed by atoms with Crippen molar-refractivity contribution in [3.8, 4) is 0 Å². The van der Waals surface area contributed by atoms with E-state index in [1.165, 1.54) is 0 Å². The highest BCUT2D eigenvalue weighted by Gasteiger charge is 2.15. The molecule has 1 amide bonds. The minimum atomic E-state index is -1.57. The average molecular weight is 193 g/mol. The first-order chi connectivity index (χ1) is 6.65. The van der Waals surface area contributed by atoms with Crippen molar-refractivity contribution >= 4 is 24.2 Å². The maximum absolute atomic E-state index is 11.1. The van der Waals surface area contributed by atoms with Gasteiger partial charge in [0.05, 0.1) is 0 Å². The predicted octanol–water partition coefficient (Wildman–Crippen LogP) is -0.285. The Morgan fingerprint density at radius 3 is 2.64 bits per heavy atom. The molecule has 1 aromatic rings. The van der Waals surface area contributed by atoms with Crippen molar-refractivity contribution < 1.29 is 14.8 Å². The van der Waals surface area contributed by atoms with Crippen LogP contribution in [0.1, 0.15) is 13.3 Å². The fourth-order valence-electron chi connectivity index (χ4n) is 1.07. The van der Waals surface area contributed by atoms with Gasteiger partial charge in [0.1, 0.15) is 0 Å². The maximum Gasteiger partial charge on any atom is 0.490 e. The molecule has 0 aliphatic heterocycles. The number of anilines is 1. The molecule has 0 bridgehead atoms. The summed E-state index contributed by atoms with van der Waals surface area (Å²) in [4.78, 5) is 11.1. The van der Waals surface area contributed by atoms with Gasteiger partial charge in [0.2, 0.25) is 5.91 Å². The Morgan fingerprint density at radius 2 is 2.07 bits per heavy atom. The number of carbonyl (C=O) groups is 1. The first-order valence-corrected chi connectivity index (χ1v) is 4.40. The van der Waals surface area contributed by atoms with Crippen molar-refractivity contribution in [3.63, 3.8) is 0 Å². The van der Waals surface area contributed by atoms with Crippen molar-refractivity contribution in [3.05, 3.63) is 24.3 Å². The summed E-state index contributed by atoms with van der Waals surface area (Å²) in [7, 11) is -1.57. The Morgan fingerprint density at radius 1 is 1.43 bits per heavy atom. The first-order valence-electron chi connectivity index (χ1n) is 4.40. The quantitative estimate of drug-likeness (QED) is 0.578. The zero-order valence-electron chi connectivity index (χ0n) is 7.90. The van der Waals surface area contributed by atoms with Gasteiger partial charge >= 0.3 is 7.12 Å². The average Bonchev–Trinajstić information content (AvgIpc) is 2.18. The van der Waals surface area contributed by atoms with Crippen molar-refractivity contribution in [2.75, 3.05) is 5.32 Å². The normalized spacial score (nSPS) is 9.64. The number of amides is 1. The smallest absolute Gasteiger partial charge is 0.423 e. The third-order valence-electron chi connectivity index (χ3n) is 1.83. The molecule has 0 aromatic heterocycles. The fourth-order valence-corrected chi connectivity index (χ4v) is 1.07. The van der Waals surface area contributed by atoms with Crippen LogP contribution in [0.3, 0.4) is 0 Å². The molecule has 14 heavy (non-hydrogen) atoms. The second kappa shape index (κ2) is 4.78. The Kier molecular flexibility index (Phi) is 3.68. The molecule has 0 atom stereocenters. The van der Waals surface area contributed by atoms with Gasteiger partial charge in [-0.25, -0.2) is 0 Å². The van der Waals surface area contributed by atoms with Crippen LogP contribution in [0.15, 0.2) is 24.3 Å². The summed E-state index contributed by atoms with van der Waals surface area (Å²) in [5, 5.41) is 20.6. The van der Waals surface area contributed by atoms with Crippen LogP contribution in [0.2, 0.25) is 0 Å². The van der Waals surface area contributed by atoms with Crippen LogP contribution in [0.5, 0.6) is 0 Å². The molecule has 0 saturated carbocycles. The van der Waals surface area contributed by atoms with E-state index >= 15 is 0 Å². The third kappa shape index (κ3) is 2.58. The molecular formula is C9H12BNO3. The second-order valence-electron chi connectivity index (χ2n) is 2.86. The molecule has 74 valence electrons. The van der Waals surface area contributed by atoms with Crippen LogP contribution in [0, 0.1) is 0 Å². The summed E-state index contributed by atoms with van der Waals surface area (Å²) < 4.78 is 0. The van der Waals surface area contributed by atoms with Gasteiger partial charge < -0.3 is 15.4 Å². The number of hydrogen-bond acceptors (Lipinski definition) is 3. The van der Waals surface area contributed by atoms with Crippen LogP contribution in [-0.4, -0.2) is 23.1 Å². The molecule has 4 nitrogen and oxygen atoms in total. The van der Waals surface area contributed by atoms with Crippen molar-refractivity contribution in [1.29, 1.82) is 0 Å². The van der Waals surface area contributed by atoms with E-state index in [2.05, 4.69) is 5.32 Å². The minimum absolute atomic E-state index is 0.155. The summed E-state index contributed by atoms with van der Waals surface area (Å²) in [6.45, 7) is 1.73. The van der Waals surface area contributed by atoms with E-state index in [0.717, 1.165) is 0 Å². The molecule has 1 aromatic carbocycles. The lowest BCUT2D eigenvalue weighted by Crippen LogP contribution is -2.33. The Labute approximate surface area is 82.7 Å². The van der Waals surface area contributed by atoms with Gasteiger partial charge in [0.15, 0.2) is 0 Å². The summed E-state index contributed by atoms with van der Waals surface area (Å²) >= 11 is 0. The standard InChI is InChI=1S/C9H12BNO3/c1-2-9(12)11-8-6-4-3-5-7(8)10(13)14/h3-6,13-14H,2H2,1H3,(H,11,12). The van der Waals surface area contributed by atoms with E-state index in [1.54, 1.807) is 31.2 Å². The second-order valence-corrected chi connectivity index (χ2v) is 2.86. The minimum Gasteiger partial charge on any atom is -0.423 e. The van der Waals surface area contributed by atoms with E-state index in [4.69, 9.17) is 10.0 Å². The zero-order valence-corrected chi connectivity index (χ0v) is 7.90. The SMILES string of the molecule is CCC(=O)Nc1ccccc1B(O)O. The third-order valence-corrected chi connectivity index (χ3v) is 1.83. The highest BCUT2D eigenvalue weighted by molar-refractivity contribution is 6.60. The molecule has 0 fully saturated rings. The van der Waals surface area contributed by atoms with E-state index in [-0.39, 0.29) is 5.91 Å². The summed E-state index contributed by atoms with van der Waals surface area (Å²) in [6, 6.07) is 6.58. The van der Waals surface area contributed by atoms with Crippen molar-refractivity contribution in [1.82, 2.24) is 0 Å². The lowest BCUT2D eigenvalue weighted by atomic mass is 9.79. The monoisotopic (exact) mass is 193 g/mol. The maximum atomic E-state index is 11.1. The van der Waals surface area contributed by atoms with Crippen LogP contribution in [0.4, 0.5) is 5.69 Å². The highest BCUT2D eigenvalue weighted by Crippen LogP contribution is 2.04. The zero-order chi connectivity index (χ0) is 10.6. The fraction of sp³-hybridized carbons (Fsp3) is 0.222. The number of para-hydroxylation sites is 1. The Hall–Kier alpha value is -1.33. The summed E-state index contributed by atoms with van der Waals surface area (Å²) in [5.74, 6) is -0.155. The van der Waals surface area contributed by atoms with Gasteiger partial charge in [-0.05, 0) is 6.07 Å². The molecule has 0 spiro atoms. The van der Waals surface area contributed by atoms with E-state index in [9.17, 15) is 4.79 Å². The molecule has 0 heterocycles. The molecule has 0 saturated heterocycles. The molecule has 0 unspecified atom stereocenters. The first kappa shape index (κ1) is 10.8. The Balaban J connectivity index is 2.90. The molecule has 0 radical (unpaired) electrons. The number of nitrogens with one attached hydrogen (secondary N) is 1. The predicted molar refractivity (Wildman–Crippen MR) is 55.2 cm³/mol. The van der Waals surface area contributed by atoms with Crippen LogP contribution in [0.25, 0.3) is 0 Å². The highest BCUT2D eigenvalue weighted by atomic mass is 16.4. The van der Waals surface area contributed by atoms with Gasteiger partial charge in [-0.3, -0.25) is 4.79 Å². The van der Waals surface area contributed by atoms with Gasteiger partial charge in [-0.15, -0.1) is 0 Å². The largest absolute Gasteiger partial charge is 0.490 e. The molecule has 5 heteroatoms. The van der Waals surface area contributed by atoms with Crippen LogP contribution in [-0.2, 0) is 4.79 Å². The number of carbonyl (C=O) groups excluding carboxylic acids is 1. The van der Waals surface area contributed by atoms with E-state index < -0.39 is 7.12 Å².